The van der Waals surface area contributed by atoms with Crippen LogP contribution in [0, 0.1) is 5.41 Å². The normalized spacial score (nSPS) is 4.29. The summed E-state index contributed by atoms with van der Waals surface area (Å²) >= 11 is 0. The van der Waals surface area contributed by atoms with Crippen molar-refractivity contribution in [3.63, 3.8) is 0 Å². The topological polar surface area (TPSA) is 23.9 Å². The van der Waals surface area contributed by atoms with Gasteiger partial charge in [0.2, 0.25) is 0 Å². The van der Waals surface area contributed by atoms with Crippen molar-refractivity contribution in [1.29, 1.82) is 5.41 Å². The van der Waals surface area contributed by atoms with E-state index in [1.54, 1.807) is 0 Å². The van der Waals surface area contributed by atoms with E-state index in [9.17, 15) is 0 Å². The summed E-state index contributed by atoms with van der Waals surface area (Å²) in [6, 6.07) is 0. The van der Waals surface area contributed by atoms with Crippen molar-refractivity contribution in [3.05, 3.63) is 5.57 Å². The molecule has 0 aromatic rings. The second-order valence-corrected chi connectivity index (χ2v) is 1.12. The van der Waals surface area contributed by atoms with Gasteiger partial charge < -0.3 is 0 Å². The highest BCUT2D eigenvalue weighted by Crippen LogP contribution is 1.72. The van der Waals surface area contributed by atoms with Gasteiger partial charge in [0.1, 0.15) is 0 Å². The summed E-state index contributed by atoms with van der Waals surface area (Å²) in [4.78, 5) is 0. The van der Waals surface area contributed by atoms with Gasteiger partial charge in [0.05, 0.1) is 0 Å². The zero-order valence-corrected chi connectivity index (χ0v) is 5.95. The molecule has 1 N–H and O–H groups in total. The maximum atomic E-state index is 6.37. The van der Waals surface area contributed by atoms with E-state index >= 15 is 0 Å². The fraction of sp³-hybridized carbons (Fsp3) is 0.500. The van der Waals surface area contributed by atoms with Crippen LogP contribution >= 0.6 is 24.8 Å². The van der Waals surface area contributed by atoms with Gasteiger partial charge in [-0.05, 0) is 25.3 Å². The Morgan fingerprint density at radius 2 is 1.43 bits per heavy atom. The number of allylic oxidation sites excluding steroid dienone is 1. The lowest BCUT2D eigenvalue weighted by molar-refractivity contribution is 1.42. The standard InChI is InChI=1S/C4H7N.2ClH/c1-4(2)3-5;;/h5H,1-2H3;2*1H. The van der Waals surface area contributed by atoms with Crippen molar-refractivity contribution in [3.8, 4) is 0 Å². The summed E-state index contributed by atoms with van der Waals surface area (Å²) in [5.74, 6) is 2.19. The van der Waals surface area contributed by atoms with Crippen molar-refractivity contribution < 1.29 is 0 Å². The molecule has 0 saturated carbocycles. The number of hydrogen-bond donors (Lipinski definition) is 1. The number of rotatable bonds is 0. The molecule has 0 aromatic carbocycles. The molecular weight excluding hydrogens is 133 g/mol. The molecule has 0 aromatic heterocycles. The molecule has 7 heavy (non-hydrogen) atoms. The Kier molecular flexibility index (Phi) is 21.1. The van der Waals surface area contributed by atoms with E-state index in [0.717, 1.165) is 5.57 Å². The van der Waals surface area contributed by atoms with E-state index < -0.39 is 0 Å². The molecule has 0 spiro atoms. The van der Waals surface area contributed by atoms with Crippen LogP contribution in [0.4, 0.5) is 0 Å². The fourth-order valence-electron chi connectivity index (χ4n) is 0. The Labute approximate surface area is 56.1 Å². The number of hydrogen-bond acceptors (Lipinski definition) is 1. The van der Waals surface area contributed by atoms with Crippen LogP contribution in [0.15, 0.2) is 5.57 Å². The van der Waals surface area contributed by atoms with Gasteiger partial charge in [0.15, 0.2) is 0 Å². The number of nitrogens with one attached hydrogen (secondary N) is 1. The van der Waals surface area contributed by atoms with Crippen LogP contribution in [0.5, 0.6) is 0 Å². The van der Waals surface area contributed by atoms with Crippen LogP contribution in [0.3, 0.4) is 0 Å². The van der Waals surface area contributed by atoms with Crippen molar-refractivity contribution in [2.24, 2.45) is 0 Å². The summed E-state index contributed by atoms with van der Waals surface area (Å²) in [6.45, 7) is 3.68. The van der Waals surface area contributed by atoms with Crippen LogP contribution in [-0.4, -0.2) is 5.87 Å². The summed E-state index contributed by atoms with van der Waals surface area (Å²) in [5.41, 5.74) is 0.921. The molecule has 0 atom stereocenters. The minimum absolute atomic E-state index is 0. The van der Waals surface area contributed by atoms with Crippen LogP contribution in [0.25, 0.3) is 0 Å². The first-order valence-electron chi connectivity index (χ1n) is 1.50. The van der Waals surface area contributed by atoms with Crippen LogP contribution < -0.4 is 0 Å². The fourth-order valence-corrected chi connectivity index (χ4v) is 0. The summed E-state index contributed by atoms with van der Waals surface area (Å²) < 4.78 is 0. The maximum Gasteiger partial charge on any atom is -0.0156 e. The third-order valence-electron chi connectivity index (χ3n) is 0.250. The van der Waals surface area contributed by atoms with Crippen LogP contribution in [0.1, 0.15) is 13.8 Å². The van der Waals surface area contributed by atoms with Crippen molar-refractivity contribution in [1.82, 2.24) is 0 Å². The first-order chi connectivity index (χ1) is 2.27. The van der Waals surface area contributed by atoms with Crippen LogP contribution in [0.2, 0.25) is 0 Å². The first-order valence-corrected chi connectivity index (χ1v) is 1.50. The SMILES string of the molecule is CC(C)=C=N.Cl.Cl. The molecule has 0 saturated heterocycles. The molecule has 0 bridgehead atoms. The molecule has 0 heterocycles. The molecule has 0 aliphatic rings. The molecular formula is C4H9Cl2N. The zero-order chi connectivity index (χ0) is 4.28. The molecule has 0 unspecified atom stereocenters. The zero-order valence-electron chi connectivity index (χ0n) is 4.32. The summed E-state index contributed by atoms with van der Waals surface area (Å²) in [5, 5.41) is 6.37. The van der Waals surface area contributed by atoms with Gasteiger partial charge in [0.25, 0.3) is 0 Å². The molecule has 0 aliphatic heterocycles. The van der Waals surface area contributed by atoms with Gasteiger partial charge in [-0.2, -0.15) is 0 Å². The molecule has 0 amide bonds. The molecule has 0 fully saturated rings. The predicted molar refractivity (Wildman–Crippen MR) is 37.1 cm³/mol. The molecule has 3 heteroatoms. The highest BCUT2D eigenvalue weighted by molar-refractivity contribution is 5.85. The largest absolute Gasteiger partial charge is 0.259 e. The highest BCUT2D eigenvalue weighted by Gasteiger charge is 1.59. The second-order valence-electron chi connectivity index (χ2n) is 1.12. The third kappa shape index (κ3) is 23.8. The van der Waals surface area contributed by atoms with Gasteiger partial charge in [-0.3, -0.25) is 5.41 Å². The van der Waals surface area contributed by atoms with E-state index in [1.807, 2.05) is 13.8 Å². The number of halogens is 2. The lowest BCUT2D eigenvalue weighted by Gasteiger charge is -1.65. The Morgan fingerprint density at radius 1 is 1.29 bits per heavy atom. The van der Waals surface area contributed by atoms with E-state index in [0.29, 0.717) is 0 Å². The van der Waals surface area contributed by atoms with Crippen molar-refractivity contribution in [2.45, 2.75) is 13.8 Å². The average molecular weight is 142 g/mol. The summed E-state index contributed by atoms with van der Waals surface area (Å²) in [7, 11) is 0. The minimum atomic E-state index is 0. The van der Waals surface area contributed by atoms with Gasteiger partial charge >= 0.3 is 0 Å². The average Bonchev–Trinajstić information content (AvgIpc) is 1.38. The maximum absolute atomic E-state index is 6.37. The van der Waals surface area contributed by atoms with E-state index in [-0.39, 0.29) is 24.8 Å². The smallest absolute Gasteiger partial charge is 0.0156 e. The molecule has 0 rings (SSSR count). The minimum Gasteiger partial charge on any atom is -0.259 e. The van der Waals surface area contributed by atoms with E-state index in [2.05, 4.69) is 5.87 Å². The van der Waals surface area contributed by atoms with Crippen LogP contribution in [-0.2, 0) is 0 Å². The van der Waals surface area contributed by atoms with Gasteiger partial charge in [0, 0.05) is 0 Å². The Morgan fingerprint density at radius 3 is 1.43 bits per heavy atom. The van der Waals surface area contributed by atoms with E-state index in [4.69, 9.17) is 5.41 Å². The summed E-state index contributed by atoms with van der Waals surface area (Å²) in [6.07, 6.45) is 0. The highest BCUT2D eigenvalue weighted by atomic mass is 35.5. The predicted octanol–water partition coefficient (Wildman–Crippen LogP) is 2.04. The third-order valence-corrected chi connectivity index (χ3v) is 0.250. The van der Waals surface area contributed by atoms with Crippen molar-refractivity contribution >= 4 is 30.7 Å². The second kappa shape index (κ2) is 9.39. The quantitative estimate of drug-likeness (QED) is 0.500. The molecule has 0 aliphatic carbocycles. The first kappa shape index (κ1) is 15.7. The molecule has 1 nitrogen and oxygen atoms in total. The van der Waals surface area contributed by atoms with Gasteiger partial charge in [-0.25, -0.2) is 0 Å². The molecule has 44 valence electrons. The Balaban J connectivity index is -0.0000000800. The molecule has 0 radical (unpaired) electrons. The lowest BCUT2D eigenvalue weighted by Crippen LogP contribution is -1.55. The van der Waals surface area contributed by atoms with E-state index in [1.165, 1.54) is 0 Å². The monoisotopic (exact) mass is 141 g/mol. The Bertz CT molecular complexity index is 69.8. The lowest BCUT2D eigenvalue weighted by atomic mass is 10.4. The van der Waals surface area contributed by atoms with Crippen molar-refractivity contribution in [2.75, 3.05) is 0 Å². The van der Waals surface area contributed by atoms with Gasteiger partial charge in [-0.1, -0.05) is 0 Å². The van der Waals surface area contributed by atoms with Gasteiger partial charge in [-0.15, -0.1) is 24.8 Å². The Hall–Kier alpha value is 0.0300.